The molecule has 0 bridgehead atoms. The fraction of sp³-hybridized carbons (Fsp3) is 0.231. The Bertz CT molecular complexity index is 621. The first-order valence-electron chi connectivity index (χ1n) is 5.79. The van der Waals surface area contributed by atoms with Crippen molar-refractivity contribution in [1.29, 1.82) is 0 Å². The number of amides is 1. The SMILES string of the molecule is Cc1cc(Cl)ccc1C(=O)NCc1cnn(C)c1N. The Morgan fingerprint density at radius 1 is 1.53 bits per heavy atom. The lowest BCUT2D eigenvalue weighted by atomic mass is 10.1. The van der Waals surface area contributed by atoms with E-state index in [1.807, 2.05) is 6.92 Å². The molecule has 0 unspecified atom stereocenters. The van der Waals surface area contributed by atoms with Crippen molar-refractivity contribution in [2.75, 3.05) is 5.73 Å². The number of carbonyl (C=O) groups is 1. The van der Waals surface area contributed by atoms with E-state index in [4.69, 9.17) is 17.3 Å². The number of nitrogens with two attached hydrogens (primary N) is 1. The Morgan fingerprint density at radius 2 is 2.26 bits per heavy atom. The van der Waals surface area contributed by atoms with Crippen LogP contribution in [0.3, 0.4) is 0 Å². The van der Waals surface area contributed by atoms with Gasteiger partial charge in [0, 0.05) is 29.7 Å². The number of carbonyl (C=O) groups excluding carboxylic acids is 1. The Morgan fingerprint density at radius 3 is 2.84 bits per heavy atom. The number of rotatable bonds is 3. The maximum atomic E-state index is 12.0. The minimum atomic E-state index is -0.155. The Hall–Kier alpha value is -2.01. The van der Waals surface area contributed by atoms with E-state index in [-0.39, 0.29) is 5.91 Å². The quantitative estimate of drug-likeness (QED) is 0.900. The van der Waals surface area contributed by atoms with Gasteiger partial charge in [-0.1, -0.05) is 11.6 Å². The summed E-state index contributed by atoms with van der Waals surface area (Å²) in [4.78, 5) is 12.0. The molecule has 1 amide bonds. The van der Waals surface area contributed by atoms with Gasteiger partial charge >= 0.3 is 0 Å². The monoisotopic (exact) mass is 278 g/mol. The summed E-state index contributed by atoms with van der Waals surface area (Å²) in [5.41, 5.74) is 8.04. The first kappa shape index (κ1) is 13.4. The number of hydrogen-bond acceptors (Lipinski definition) is 3. The molecule has 0 atom stereocenters. The van der Waals surface area contributed by atoms with Crippen LogP contribution in [0.1, 0.15) is 21.5 Å². The highest BCUT2D eigenvalue weighted by Crippen LogP contribution is 2.15. The minimum absolute atomic E-state index is 0.155. The van der Waals surface area contributed by atoms with Crippen molar-refractivity contribution in [2.45, 2.75) is 13.5 Å². The Balaban J connectivity index is 2.07. The molecule has 0 saturated carbocycles. The zero-order valence-corrected chi connectivity index (χ0v) is 11.5. The molecule has 0 aliphatic heterocycles. The second kappa shape index (κ2) is 5.32. The smallest absolute Gasteiger partial charge is 0.251 e. The number of benzene rings is 1. The summed E-state index contributed by atoms with van der Waals surface area (Å²) in [5, 5.41) is 7.45. The van der Waals surface area contributed by atoms with Crippen LogP contribution in [0.15, 0.2) is 24.4 Å². The summed E-state index contributed by atoms with van der Waals surface area (Å²) < 4.78 is 1.56. The maximum Gasteiger partial charge on any atom is 0.251 e. The molecule has 3 N–H and O–H groups in total. The van der Waals surface area contributed by atoms with Crippen LogP contribution in [0, 0.1) is 6.92 Å². The van der Waals surface area contributed by atoms with Crippen LogP contribution in [0.4, 0.5) is 5.82 Å². The molecule has 0 spiro atoms. The van der Waals surface area contributed by atoms with Gasteiger partial charge in [-0.15, -0.1) is 0 Å². The highest BCUT2D eigenvalue weighted by atomic mass is 35.5. The predicted octanol–water partition coefficient (Wildman–Crippen LogP) is 1.89. The Kier molecular flexibility index (Phi) is 3.76. The van der Waals surface area contributed by atoms with Crippen molar-refractivity contribution in [3.63, 3.8) is 0 Å². The minimum Gasteiger partial charge on any atom is -0.384 e. The number of anilines is 1. The average molecular weight is 279 g/mol. The highest BCUT2D eigenvalue weighted by Gasteiger charge is 2.11. The van der Waals surface area contributed by atoms with E-state index in [0.717, 1.165) is 11.1 Å². The molecule has 0 aliphatic rings. The number of aromatic nitrogens is 2. The number of aryl methyl sites for hydroxylation is 2. The van der Waals surface area contributed by atoms with Crippen molar-refractivity contribution < 1.29 is 4.79 Å². The molecule has 0 saturated heterocycles. The van der Waals surface area contributed by atoms with E-state index < -0.39 is 0 Å². The molecule has 2 rings (SSSR count). The summed E-state index contributed by atoms with van der Waals surface area (Å²) in [6.45, 7) is 2.19. The topological polar surface area (TPSA) is 72.9 Å². The first-order valence-corrected chi connectivity index (χ1v) is 6.17. The molecular formula is C13H15ClN4O. The largest absolute Gasteiger partial charge is 0.384 e. The van der Waals surface area contributed by atoms with Gasteiger partial charge in [0.15, 0.2) is 0 Å². The van der Waals surface area contributed by atoms with Gasteiger partial charge in [-0.3, -0.25) is 9.48 Å². The maximum absolute atomic E-state index is 12.0. The van der Waals surface area contributed by atoms with Crippen molar-refractivity contribution in [3.05, 3.63) is 46.1 Å². The molecule has 19 heavy (non-hydrogen) atoms. The summed E-state index contributed by atoms with van der Waals surface area (Å²) >= 11 is 5.86. The van der Waals surface area contributed by atoms with Crippen LogP contribution in [-0.4, -0.2) is 15.7 Å². The van der Waals surface area contributed by atoms with Gasteiger partial charge in [0.05, 0.1) is 6.20 Å². The molecule has 1 aromatic carbocycles. The van der Waals surface area contributed by atoms with E-state index >= 15 is 0 Å². The number of halogens is 1. The Labute approximate surface area is 116 Å². The summed E-state index contributed by atoms with van der Waals surface area (Å²) in [6, 6.07) is 5.16. The van der Waals surface area contributed by atoms with Gasteiger partial charge in [0.1, 0.15) is 5.82 Å². The second-order valence-corrected chi connectivity index (χ2v) is 4.76. The fourth-order valence-corrected chi connectivity index (χ4v) is 2.01. The number of nitrogens with one attached hydrogen (secondary N) is 1. The molecule has 5 nitrogen and oxygen atoms in total. The van der Waals surface area contributed by atoms with E-state index in [1.165, 1.54) is 0 Å². The molecule has 100 valence electrons. The molecule has 2 aromatic rings. The standard InChI is InChI=1S/C13H15ClN4O/c1-8-5-10(14)3-4-11(8)13(19)16-6-9-7-17-18(2)12(9)15/h3-5,7H,6,15H2,1-2H3,(H,16,19). The van der Waals surface area contributed by atoms with Crippen LogP contribution >= 0.6 is 11.6 Å². The zero-order valence-electron chi connectivity index (χ0n) is 10.8. The van der Waals surface area contributed by atoms with Crippen molar-refractivity contribution in [2.24, 2.45) is 7.05 Å². The van der Waals surface area contributed by atoms with E-state index in [1.54, 1.807) is 36.1 Å². The van der Waals surface area contributed by atoms with E-state index in [0.29, 0.717) is 22.9 Å². The van der Waals surface area contributed by atoms with Crippen LogP contribution in [0.2, 0.25) is 5.02 Å². The van der Waals surface area contributed by atoms with Crippen molar-refractivity contribution in [1.82, 2.24) is 15.1 Å². The molecule has 0 fully saturated rings. The summed E-state index contributed by atoms with van der Waals surface area (Å²) in [5.74, 6) is 0.394. The third-order valence-corrected chi connectivity index (χ3v) is 3.17. The number of nitrogen functional groups attached to an aromatic ring is 1. The lowest BCUT2D eigenvalue weighted by Gasteiger charge is -2.07. The van der Waals surface area contributed by atoms with Gasteiger partial charge in [-0.25, -0.2) is 0 Å². The van der Waals surface area contributed by atoms with Gasteiger partial charge in [-0.2, -0.15) is 5.10 Å². The van der Waals surface area contributed by atoms with Crippen LogP contribution < -0.4 is 11.1 Å². The van der Waals surface area contributed by atoms with E-state index in [9.17, 15) is 4.79 Å². The van der Waals surface area contributed by atoms with Crippen LogP contribution in [-0.2, 0) is 13.6 Å². The average Bonchev–Trinajstić information content (AvgIpc) is 2.67. The normalized spacial score (nSPS) is 10.5. The van der Waals surface area contributed by atoms with Crippen molar-refractivity contribution in [3.8, 4) is 0 Å². The summed E-state index contributed by atoms with van der Waals surface area (Å²) in [7, 11) is 1.75. The molecule has 0 aliphatic carbocycles. The van der Waals surface area contributed by atoms with Crippen molar-refractivity contribution >= 4 is 23.3 Å². The second-order valence-electron chi connectivity index (χ2n) is 4.32. The van der Waals surface area contributed by atoms with Gasteiger partial charge in [-0.05, 0) is 30.7 Å². The first-order chi connectivity index (χ1) is 8.99. The predicted molar refractivity (Wildman–Crippen MR) is 75.0 cm³/mol. The molecule has 1 heterocycles. The zero-order chi connectivity index (χ0) is 14.0. The lowest BCUT2D eigenvalue weighted by molar-refractivity contribution is 0.0950. The lowest BCUT2D eigenvalue weighted by Crippen LogP contribution is -2.23. The number of nitrogens with zero attached hydrogens (tertiary/aromatic N) is 2. The van der Waals surface area contributed by atoms with Gasteiger partial charge in [0.25, 0.3) is 5.91 Å². The third kappa shape index (κ3) is 2.88. The molecular weight excluding hydrogens is 264 g/mol. The summed E-state index contributed by atoms with van der Waals surface area (Å²) in [6.07, 6.45) is 1.64. The third-order valence-electron chi connectivity index (χ3n) is 2.94. The van der Waals surface area contributed by atoms with Gasteiger partial charge < -0.3 is 11.1 Å². The molecule has 1 aromatic heterocycles. The highest BCUT2D eigenvalue weighted by molar-refractivity contribution is 6.30. The fourth-order valence-electron chi connectivity index (χ4n) is 1.78. The van der Waals surface area contributed by atoms with Gasteiger partial charge in [0.2, 0.25) is 0 Å². The molecule has 0 radical (unpaired) electrons. The van der Waals surface area contributed by atoms with Crippen LogP contribution in [0.25, 0.3) is 0 Å². The number of hydrogen-bond donors (Lipinski definition) is 2. The molecule has 6 heteroatoms. The van der Waals surface area contributed by atoms with E-state index in [2.05, 4.69) is 10.4 Å². The van der Waals surface area contributed by atoms with Crippen LogP contribution in [0.5, 0.6) is 0 Å².